The lowest BCUT2D eigenvalue weighted by Crippen LogP contribution is -2.57. The second-order valence-corrected chi connectivity index (χ2v) is 11.2. The molecule has 2 aromatic rings. The van der Waals surface area contributed by atoms with Crippen molar-refractivity contribution in [3.63, 3.8) is 0 Å². The Morgan fingerprint density at radius 1 is 0.848 bits per heavy atom. The molecule has 0 aromatic heterocycles. The fourth-order valence-electron chi connectivity index (χ4n) is 3.87. The summed E-state index contributed by atoms with van der Waals surface area (Å²) in [5.41, 5.74) is 2.42. The van der Waals surface area contributed by atoms with Gasteiger partial charge in [-0.1, -0.05) is 109 Å². The van der Waals surface area contributed by atoms with Crippen molar-refractivity contribution in [3.8, 4) is 0 Å². The molecule has 6 nitrogen and oxygen atoms in total. The molecule has 1 N–H and O–H groups in total. The van der Waals surface area contributed by atoms with Crippen LogP contribution in [0.2, 0.25) is 0 Å². The van der Waals surface area contributed by atoms with Crippen LogP contribution >= 0.6 is 48.0 Å². The molecule has 0 radical (unpaired) electrons. The molecule has 174 valence electrons. The van der Waals surface area contributed by atoms with Crippen LogP contribution in [0.5, 0.6) is 0 Å². The Morgan fingerprint density at radius 3 is 1.91 bits per heavy atom. The molecular weight excluding hydrogens is 493 g/mol. The first-order valence-corrected chi connectivity index (χ1v) is 13.4. The molecule has 2 aliphatic heterocycles. The van der Waals surface area contributed by atoms with E-state index >= 15 is 0 Å². The minimum Gasteiger partial charge on any atom is -0.480 e. The number of thiocarbonyl (C=S) groups is 2. The Kier molecular flexibility index (Phi) is 8.61. The van der Waals surface area contributed by atoms with Crippen LogP contribution in [0.4, 0.5) is 0 Å². The molecule has 2 saturated heterocycles. The van der Waals surface area contributed by atoms with Crippen molar-refractivity contribution in [2.45, 2.75) is 19.1 Å². The highest BCUT2D eigenvalue weighted by molar-refractivity contribution is 8.23. The smallest absolute Gasteiger partial charge is 0.328 e. The fraction of sp³-hybridized carbons (Fsp3) is 0.348. The highest BCUT2D eigenvalue weighted by atomic mass is 32.2. The lowest BCUT2D eigenvalue weighted by Gasteiger charge is -2.43. The largest absolute Gasteiger partial charge is 0.480 e. The number of carbonyl (C=O) groups is 1. The normalized spacial score (nSPS) is 19.0. The number of rotatable bonds is 8. The summed E-state index contributed by atoms with van der Waals surface area (Å²) in [5, 5.41) is 10.1. The molecule has 1 unspecified atom stereocenters. The second kappa shape index (κ2) is 11.6. The number of aliphatic carboxylic acids is 1. The maximum atomic E-state index is 12.3. The molecule has 4 rings (SSSR count). The van der Waals surface area contributed by atoms with Gasteiger partial charge in [0.05, 0.1) is 31.6 Å². The predicted octanol–water partition coefficient (Wildman–Crippen LogP) is 3.94. The number of carboxylic acid groups (broad SMARTS) is 1. The number of benzene rings is 2. The van der Waals surface area contributed by atoms with Crippen molar-refractivity contribution >= 4 is 62.6 Å². The van der Waals surface area contributed by atoms with E-state index < -0.39 is 12.0 Å². The lowest BCUT2D eigenvalue weighted by molar-refractivity contribution is -0.142. The van der Waals surface area contributed by atoms with Crippen LogP contribution in [-0.4, -0.2) is 77.0 Å². The molecular formula is C23H26N4O2S4. The van der Waals surface area contributed by atoms with Gasteiger partial charge in [-0.25, -0.2) is 4.79 Å². The molecule has 2 aliphatic rings. The molecule has 0 amide bonds. The molecule has 33 heavy (non-hydrogen) atoms. The third-order valence-electron chi connectivity index (χ3n) is 5.51. The molecule has 0 aliphatic carbocycles. The highest BCUT2D eigenvalue weighted by Gasteiger charge is 2.35. The minimum atomic E-state index is -0.882. The Morgan fingerprint density at radius 2 is 1.36 bits per heavy atom. The summed E-state index contributed by atoms with van der Waals surface area (Å²) >= 11 is 14.3. The van der Waals surface area contributed by atoms with Gasteiger partial charge < -0.3 is 14.9 Å². The summed E-state index contributed by atoms with van der Waals surface area (Å²) in [4.78, 5) is 20.7. The van der Waals surface area contributed by atoms with Crippen LogP contribution in [0.3, 0.4) is 0 Å². The van der Waals surface area contributed by atoms with Gasteiger partial charge in [-0.05, 0) is 11.1 Å². The van der Waals surface area contributed by atoms with Gasteiger partial charge in [0.25, 0.3) is 0 Å². The van der Waals surface area contributed by atoms with E-state index in [4.69, 9.17) is 24.4 Å². The van der Waals surface area contributed by atoms with Crippen molar-refractivity contribution in [1.29, 1.82) is 0 Å². The van der Waals surface area contributed by atoms with Crippen LogP contribution in [0.25, 0.3) is 0 Å². The summed E-state index contributed by atoms with van der Waals surface area (Å²) in [6.45, 7) is 2.94. The SMILES string of the molecule is O=C(O)C(CN1CN(Cc2ccccc2)CSC1=S)N1CN(Cc2ccccc2)CSC1=S. The van der Waals surface area contributed by atoms with Crippen LogP contribution in [0, 0.1) is 0 Å². The molecule has 2 heterocycles. The van der Waals surface area contributed by atoms with E-state index in [0.29, 0.717) is 24.2 Å². The summed E-state index contributed by atoms with van der Waals surface area (Å²) in [6.07, 6.45) is 0. The van der Waals surface area contributed by atoms with Gasteiger partial charge >= 0.3 is 5.97 Å². The summed E-state index contributed by atoms with van der Waals surface area (Å²) in [6, 6.07) is 19.7. The number of nitrogens with zero attached hydrogens (tertiary/aromatic N) is 4. The maximum Gasteiger partial charge on any atom is 0.328 e. The Bertz CT molecular complexity index is 979. The zero-order valence-corrected chi connectivity index (χ0v) is 21.3. The quantitative estimate of drug-likeness (QED) is 0.520. The van der Waals surface area contributed by atoms with Crippen LogP contribution in [0.1, 0.15) is 11.1 Å². The van der Waals surface area contributed by atoms with E-state index in [0.717, 1.165) is 29.2 Å². The van der Waals surface area contributed by atoms with E-state index in [1.165, 1.54) is 22.9 Å². The Balaban J connectivity index is 1.42. The molecule has 0 spiro atoms. The van der Waals surface area contributed by atoms with Crippen molar-refractivity contribution < 1.29 is 9.90 Å². The third kappa shape index (κ3) is 6.68. The van der Waals surface area contributed by atoms with E-state index in [1.54, 1.807) is 11.8 Å². The van der Waals surface area contributed by atoms with Gasteiger partial charge in [0.1, 0.15) is 14.7 Å². The number of hydrogen-bond acceptors (Lipinski definition) is 7. The zero-order valence-electron chi connectivity index (χ0n) is 18.1. The average molecular weight is 519 g/mol. The molecule has 0 saturated carbocycles. The fourth-order valence-corrected chi connectivity index (χ4v) is 6.10. The average Bonchev–Trinajstić information content (AvgIpc) is 2.82. The van der Waals surface area contributed by atoms with Crippen LogP contribution in [-0.2, 0) is 17.9 Å². The monoisotopic (exact) mass is 518 g/mol. The standard InChI is InChI=1S/C23H26N4O2S4/c28-21(29)20(27-15-25(17-33-23(27)31)12-19-9-5-2-6-10-19)13-26-14-24(16-32-22(26)30)11-18-7-3-1-4-8-18/h1-10,20H,11-17H2,(H,28,29). The zero-order chi connectivity index (χ0) is 23.2. The third-order valence-corrected chi connectivity index (χ3v) is 8.68. The summed E-state index contributed by atoms with van der Waals surface area (Å²) < 4.78 is 1.37. The van der Waals surface area contributed by atoms with E-state index in [9.17, 15) is 9.90 Å². The Labute approximate surface area is 213 Å². The molecule has 10 heteroatoms. The van der Waals surface area contributed by atoms with Gasteiger partial charge in [-0.15, -0.1) is 0 Å². The number of thioether (sulfide) groups is 2. The molecule has 2 fully saturated rings. The van der Waals surface area contributed by atoms with Gasteiger partial charge in [0.2, 0.25) is 0 Å². The van der Waals surface area contributed by atoms with Gasteiger partial charge in [-0.3, -0.25) is 9.80 Å². The van der Waals surface area contributed by atoms with Crippen molar-refractivity contribution in [2.75, 3.05) is 31.6 Å². The number of carboxylic acids is 1. The molecule has 1 atom stereocenters. The highest BCUT2D eigenvalue weighted by Crippen LogP contribution is 2.26. The van der Waals surface area contributed by atoms with Gasteiger partial charge in [0, 0.05) is 13.1 Å². The lowest BCUT2D eigenvalue weighted by atomic mass is 10.2. The number of hydrogen-bond donors (Lipinski definition) is 1. The first-order valence-electron chi connectivity index (χ1n) is 10.6. The van der Waals surface area contributed by atoms with Crippen molar-refractivity contribution in [2.24, 2.45) is 0 Å². The first kappa shape index (κ1) is 24.4. The Hall–Kier alpha value is -1.69. The topological polar surface area (TPSA) is 50.3 Å². The van der Waals surface area contributed by atoms with Crippen LogP contribution in [0.15, 0.2) is 60.7 Å². The second-order valence-electron chi connectivity index (χ2n) is 8.04. The summed E-state index contributed by atoms with van der Waals surface area (Å²) in [7, 11) is 0. The van der Waals surface area contributed by atoms with Crippen molar-refractivity contribution in [3.05, 3.63) is 71.8 Å². The van der Waals surface area contributed by atoms with Gasteiger partial charge in [0.15, 0.2) is 0 Å². The van der Waals surface area contributed by atoms with E-state index in [-0.39, 0.29) is 0 Å². The first-order chi connectivity index (χ1) is 16.0. The minimum absolute atomic E-state index is 0.298. The van der Waals surface area contributed by atoms with Crippen molar-refractivity contribution in [1.82, 2.24) is 19.6 Å². The molecule has 0 bridgehead atoms. The van der Waals surface area contributed by atoms with E-state index in [1.807, 2.05) is 46.2 Å². The van der Waals surface area contributed by atoms with E-state index in [2.05, 4.69) is 34.1 Å². The molecule has 2 aromatic carbocycles. The van der Waals surface area contributed by atoms with Crippen LogP contribution < -0.4 is 0 Å². The van der Waals surface area contributed by atoms with Gasteiger partial charge in [-0.2, -0.15) is 0 Å². The maximum absolute atomic E-state index is 12.3. The summed E-state index contributed by atoms with van der Waals surface area (Å²) in [5.74, 6) is 0.664. The predicted molar refractivity (Wildman–Crippen MR) is 144 cm³/mol.